The van der Waals surface area contributed by atoms with E-state index >= 15 is 0 Å². The predicted octanol–water partition coefficient (Wildman–Crippen LogP) is 6.90. The minimum absolute atomic E-state index is 0.220. The van der Waals surface area contributed by atoms with Gasteiger partial charge < -0.3 is 0 Å². The van der Waals surface area contributed by atoms with Gasteiger partial charge in [0.05, 0.1) is 0 Å². The zero-order valence-corrected chi connectivity index (χ0v) is 17.5. The summed E-state index contributed by atoms with van der Waals surface area (Å²) in [6.45, 7) is 5.92. The molecule has 0 saturated heterocycles. The Morgan fingerprint density at radius 1 is 1.04 bits per heavy atom. The van der Waals surface area contributed by atoms with E-state index in [2.05, 4.69) is 46.5 Å². The van der Waals surface area contributed by atoms with Gasteiger partial charge in [0.1, 0.15) is 0 Å². The number of nitrogens with zero attached hydrogens (tertiary/aromatic N) is 3. The van der Waals surface area contributed by atoms with Crippen molar-refractivity contribution in [3.05, 3.63) is 10.4 Å². The minimum atomic E-state index is 0.220. The summed E-state index contributed by atoms with van der Waals surface area (Å²) >= 11 is 2.62. The van der Waals surface area contributed by atoms with Gasteiger partial charge in [-0.3, -0.25) is 0 Å². The monoisotopic (exact) mass is 441 g/mol. The fourth-order valence-corrected chi connectivity index (χ4v) is 8.55. The molecule has 4 fully saturated rings. The number of hydrogen-bond donors (Lipinski definition) is 0. The molecule has 0 aliphatic heterocycles. The smallest absolute Gasteiger partial charge is 0.0404 e. The normalized spacial score (nSPS) is 53.5. The molecule has 0 N–H and O–H groups in total. The van der Waals surface area contributed by atoms with Crippen molar-refractivity contribution in [1.29, 1.82) is 0 Å². The Morgan fingerprint density at radius 3 is 2.67 bits per heavy atom. The standard InChI is InChI=1S/C20H32IN3/c1-18-8-3-4-16(18)15-6-5-14-12-20(21,13-23-24-22)11-10-19(14,2)17(15)7-9-18/h14-17H,3-13H2,1-2H3/t14-,15-,16-,17-,18-,19-,20+/m0/s1. The maximum Gasteiger partial charge on any atom is 0.0404 e. The third-order valence-electron chi connectivity index (χ3n) is 8.99. The lowest BCUT2D eigenvalue weighted by molar-refractivity contribution is -0.106. The van der Waals surface area contributed by atoms with Gasteiger partial charge in [-0.1, -0.05) is 48.0 Å². The van der Waals surface area contributed by atoms with Gasteiger partial charge in [0.2, 0.25) is 0 Å². The lowest BCUT2D eigenvalue weighted by Crippen LogP contribution is -2.54. The average Bonchev–Trinajstić information content (AvgIpc) is 2.96. The molecule has 0 aromatic carbocycles. The van der Waals surface area contributed by atoms with Gasteiger partial charge >= 0.3 is 0 Å². The summed E-state index contributed by atoms with van der Waals surface area (Å²) in [6, 6.07) is 0. The molecular weight excluding hydrogens is 409 g/mol. The van der Waals surface area contributed by atoms with E-state index in [1.807, 2.05) is 0 Å². The van der Waals surface area contributed by atoms with Crippen molar-refractivity contribution in [3.63, 3.8) is 0 Å². The van der Waals surface area contributed by atoms with Gasteiger partial charge in [-0.15, -0.1) is 0 Å². The lowest BCUT2D eigenvalue weighted by Gasteiger charge is -2.61. The van der Waals surface area contributed by atoms with Crippen LogP contribution in [-0.2, 0) is 0 Å². The molecule has 4 rings (SSSR count). The van der Waals surface area contributed by atoms with Crippen LogP contribution in [0, 0.1) is 34.5 Å². The Bertz CT molecular complexity index is 559. The van der Waals surface area contributed by atoms with Crippen molar-refractivity contribution in [2.75, 3.05) is 6.54 Å². The molecule has 0 aromatic heterocycles. The van der Waals surface area contributed by atoms with Crippen molar-refractivity contribution in [3.8, 4) is 0 Å². The molecule has 0 bridgehead atoms. The Balaban J connectivity index is 1.55. The highest BCUT2D eigenvalue weighted by atomic mass is 127. The van der Waals surface area contributed by atoms with Crippen molar-refractivity contribution >= 4 is 22.6 Å². The minimum Gasteiger partial charge on any atom is -0.0926 e. The maximum absolute atomic E-state index is 8.72. The molecular formula is C20H32IN3. The summed E-state index contributed by atoms with van der Waals surface area (Å²) in [6.07, 6.45) is 14.2. The third kappa shape index (κ3) is 2.62. The van der Waals surface area contributed by atoms with Crippen LogP contribution in [0.4, 0.5) is 0 Å². The molecule has 0 spiro atoms. The second-order valence-corrected chi connectivity index (χ2v) is 12.3. The van der Waals surface area contributed by atoms with Gasteiger partial charge in [-0.05, 0) is 97.8 Å². The number of alkyl halides is 1. The quantitative estimate of drug-likeness (QED) is 0.147. The van der Waals surface area contributed by atoms with Gasteiger partial charge in [0.25, 0.3) is 0 Å². The number of azide groups is 1. The van der Waals surface area contributed by atoms with E-state index in [1.165, 1.54) is 64.2 Å². The molecule has 7 atom stereocenters. The second-order valence-electron chi connectivity index (χ2n) is 9.99. The maximum atomic E-state index is 8.72. The molecule has 0 radical (unpaired) electrons. The molecule has 4 heteroatoms. The Kier molecular flexibility index (Phi) is 4.39. The van der Waals surface area contributed by atoms with Crippen LogP contribution in [0.15, 0.2) is 5.11 Å². The molecule has 0 amide bonds. The Morgan fingerprint density at radius 2 is 1.88 bits per heavy atom. The van der Waals surface area contributed by atoms with E-state index in [0.29, 0.717) is 17.4 Å². The zero-order chi connectivity index (χ0) is 17.0. The van der Waals surface area contributed by atoms with Crippen LogP contribution in [-0.4, -0.2) is 9.97 Å². The van der Waals surface area contributed by atoms with Crippen molar-refractivity contribution in [2.24, 2.45) is 39.6 Å². The largest absolute Gasteiger partial charge is 0.0926 e. The highest BCUT2D eigenvalue weighted by molar-refractivity contribution is 14.1. The molecule has 0 aromatic rings. The zero-order valence-electron chi connectivity index (χ0n) is 15.3. The van der Waals surface area contributed by atoms with Crippen LogP contribution in [0.1, 0.15) is 78.1 Å². The van der Waals surface area contributed by atoms with Crippen LogP contribution in [0.25, 0.3) is 10.4 Å². The molecule has 4 saturated carbocycles. The summed E-state index contributed by atoms with van der Waals surface area (Å²) in [7, 11) is 0. The SMILES string of the molecule is C[C@@]12CCC[C@H]1[C@@H]1CC[C@H]3C[C@@](I)(CN=[N+]=[N-])CC[C@]3(C)[C@H]1CC2. The molecule has 4 aliphatic carbocycles. The summed E-state index contributed by atoms with van der Waals surface area (Å²) in [5.41, 5.74) is 9.94. The van der Waals surface area contributed by atoms with E-state index in [1.54, 1.807) is 0 Å². The summed E-state index contributed by atoms with van der Waals surface area (Å²) in [5.74, 6) is 3.84. The van der Waals surface area contributed by atoms with E-state index in [0.717, 1.165) is 23.7 Å². The number of rotatable bonds is 2. The fourth-order valence-electron chi connectivity index (χ4n) is 7.59. The van der Waals surface area contributed by atoms with Crippen molar-refractivity contribution < 1.29 is 0 Å². The topological polar surface area (TPSA) is 48.8 Å². The van der Waals surface area contributed by atoms with E-state index in [9.17, 15) is 0 Å². The van der Waals surface area contributed by atoms with Crippen LogP contribution < -0.4 is 0 Å². The number of hydrogen-bond acceptors (Lipinski definition) is 1. The highest BCUT2D eigenvalue weighted by Crippen LogP contribution is 2.67. The van der Waals surface area contributed by atoms with Gasteiger partial charge in [-0.2, -0.15) is 0 Å². The van der Waals surface area contributed by atoms with E-state index in [4.69, 9.17) is 5.53 Å². The number of halogens is 1. The summed E-state index contributed by atoms with van der Waals surface area (Å²) in [4.78, 5) is 3.03. The van der Waals surface area contributed by atoms with Gasteiger partial charge in [-0.25, -0.2) is 0 Å². The van der Waals surface area contributed by atoms with Crippen LogP contribution in [0.5, 0.6) is 0 Å². The lowest BCUT2D eigenvalue weighted by atomic mass is 9.45. The summed E-state index contributed by atoms with van der Waals surface area (Å²) in [5, 5.41) is 3.93. The highest BCUT2D eigenvalue weighted by Gasteiger charge is 2.59. The first-order valence-corrected chi connectivity index (χ1v) is 11.2. The van der Waals surface area contributed by atoms with Crippen LogP contribution in [0.2, 0.25) is 0 Å². The summed E-state index contributed by atoms with van der Waals surface area (Å²) < 4.78 is 0.220. The first kappa shape index (κ1) is 17.5. The first-order chi connectivity index (χ1) is 11.4. The molecule has 0 heterocycles. The Labute approximate surface area is 160 Å². The van der Waals surface area contributed by atoms with E-state index < -0.39 is 0 Å². The fraction of sp³-hybridized carbons (Fsp3) is 1.00. The third-order valence-corrected chi connectivity index (χ3v) is 10.3. The average molecular weight is 441 g/mol. The molecule has 4 aliphatic rings. The first-order valence-electron chi connectivity index (χ1n) is 10.1. The van der Waals surface area contributed by atoms with Gasteiger partial charge in [0.15, 0.2) is 0 Å². The molecule has 134 valence electrons. The van der Waals surface area contributed by atoms with Gasteiger partial charge in [0, 0.05) is 14.9 Å². The Hall–Kier alpha value is 0.0400. The second kappa shape index (κ2) is 6.04. The van der Waals surface area contributed by atoms with Crippen molar-refractivity contribution in [1.82, 2.24) is 0 Å². The molecule has 24 heavy (non-hydrogen) atoms. The number of fused-ring (bicyclic) bond motifs is 5. The van der Waals surface area contributed by atoms with Crippen LogP contribution >= 0.6 is 22.6 Å². The molecule has 0 unspecified atom stereocenters. The predicted molar refractivity (Wildman–Crippen MR) is 107 cm³/mol. The molecule has 3 nitrogen and oxygen atoms in total. The van der Waals surface area contributed by atoms with Crippen molar-refractivity contribution in [2.45, 2.75) is 81.5 Å². The van der Waals surface area contributed by atoms with E-state index in [-0.39, 0.29) is 3.42 Å². The van der Waals surface area contributed by atoms with Crippen LogP contribution in [0.3, 0.4) is 0 Å².